The molecular formula is C9H10N2O3. The van der Waals surface area contributed by atoms with E-state index in [1.165, 1.54) is 23.2 Å². The lowest BCUT2D eigenvalue weighted by molar-refractivity contribution is -0.117. The number of aliphatic hydroxyl groups is 1. The summed E-state index contributed by atoms with van der Waals surface area (Å²) in [6.45, 7) is 0.249. The van der Waals surface area contributed by atoms with Gasteiger partial charge in [0.25, 0.3) is 0 Å². The zero-order valence-electron chi connectivity index (χ0n) is 7.43. The second-order valence-corrected chi connectivity index (χ2v) is 3.27. The number of nitrogens with zero attached hydrogens (tertiary/aromatic N) is 1. The van der Waals surface area contributed by atoms with Gasteiger partial charge in [-0.1, -0.05) is 0 Å². The van der Waals surface area contributed by atoms with E-state index in [4.69, 9.17) is 0 Å². The Morgan fingerprint density at radius 1 is 1.50 bits per heavy atom. The number of pyridine rings is 1. The van der Waals surface area contributed by atoms with Crippen LogP contribution < -0.4 is 10.3 Å². The lowest BCUT2D eigenvalue weighted by Crippen LogP contribution is -2.27. The van der Waals surface area contributed by atoms with E-state index in [9.17, 15) is 14.7 Å². The number of hydrogen-bond acceptors (Lipinski definition) is 3. The van der Waals surface area contributed by atoms with Gasteiger partial charge in [0, 0.05) is 18.3 Å². The summed E-state index contributed by atoms with van der Waals surface area (Å²) in [6, 6.07) is 2.72. The summed E-state index contributed by atoms with van der Waals surface area (Å²) < 4.78 is 0. The zero-order valence-corrected chi connectivity index (χ0v) is 7.43. The summed E-state index contributed by atoms with van der Waals surface area (Å²) in [5, 5.41) is 9.25. The maximum absolute atomic E-state index is 11.3. The van der Waals surface area contributed by atoms with Crippen LogP contribution in [0.2, 0.25) is 0 Å². The highest BCUT2D eigenvalue weighted by atomic mass is 16.3. The second kappa shape index (κ2) is 3.26. The first-order valence-electron chi connectivity index (χ1n) is 4.34. The molecule has 2 N–H and O–H groups in total. The first-order valence-corrected chi connectivity index (χ1v) is 4.34. The van der Waals surface area contributed by atoms with Crippen LogP contribution in [-0.2, 0) is 4.79 Å². The Hall–Kier alpha value is -1.62. The number of amides is 1. The lowest BCUT2D eigenvalue weighted by Gasteiger charge is -2.14. The maximum Gasteiger partial charge on any atom is 0.230 e. The standard InChI is InChI=1S/C9H10N2O3/c12-6-1-2-10-8(3-6)11-5-7(13)4-9(11)14/h1-3,7,13H,4-5H2,(H,10,12). The molecule has 1 aromatic heterocycles. The summed E-state index contributed by atoms with van der Waals surface area (Å²) in [4.78, 5) is 26.5. The molecule has 74 valence electrons. The molecule has 0 bridgehead atoms. The summed E-state index contributed by atoms with van der Waals surface area (Å²) in [6.07, 6.45) is 0.971. The van der Waals surface area contributed by atoms with E-state index in [1.54, 1.807) is 0 Å². The molecule has 5 nitrogen and oxygen atoms in total. The highest BCUT2D eigenvalue weighted by Gasteiger charge is 2.29. The van der Waals surface area contributed by atoms with Crippen LogP contribution in [0.15, 0.2) is 23.1 Å². The van der Waals surface area contributed by atoms with Crippen molar-refractivity contribution in [3.05, 3.63) is 28.6 Å². The molecule has 0 spiro atoms. The van der Waals surface area contributed by atoms with Gasteiger partial charge in [-0.2, -0.15) is 0 Å². The van der Waals surface area contributed by atoms with Crippen molar-refractivity contribution in [2.45, 2.75) is 12.5 Å². The number of β-amino-alcohol motifs (C(OH)–C–C–N with tert-alkyl or cyclic N) is 1. The molecule has 0 aliphatic carbocycles. The maximum atomic E-state index is 11.3. The highest BCUT2D eigenvalue weighted by Crippen LogP contribution is 2.17. The minimum absolute atomic E-state index is 0.122. The van der Waals surface area contributed by atoms with E-state index in [1.807, 2.05) is 0 Å². The van der Waals surface area contributed by atoms with E-state index < -0.39 is 6.10 Å². The van der Waals surface area contributed by atoms with Gasteiger partial charge >= 0.3 is 0 Å². The summed E-state index contributed by atoms with van der Waals surface area (Å²) in [5.41, 5.74) is -0.159. The molecule has 1 amide bonds. The number of anilines is 1. The summed E-state index contributed by atoms with van der Waals surface area (Å²) >= 11 is 0. The van der Waals surface area contributed by atoms with Gasteiger partial charge in [0.05, 0.1) is 19.1 Å². The molecule has 1 fully saturated rings. The van der Waals surface area contributed by atoms with E-state index in [0.29, 0.717) is 5.82 Å². The number of rotatable bonds is 1. The van der Waals surface area contributed by atoms with Gasteiger partial charge in [-0.15, -0.1) is 0 Å². The fraction of sp³-hybridized carbons (Fsp3) is 0.333. The predicted molar refractivity (Wildman–Crippen MR) is 50.0 cm³/mol. The Balaban J connectivity index is 2.32. The Morgan fingerprint density at radius 3 is 2.86 bits per heavy atom. The normalized spacial score (nSPS) is 21.6. The van der Waals surface area contributed by atoms with E-state index in [0.717, 1.165) is 0 Å². The van der Waals surface area contributed by atoms with Gasteiger partial charge in [0.15, 0.2) is 5.43 Å². The molecule has 2 heterocycles. The number of carbonyl (C=O) groups excluding carboxylic acids is 1. The highest BCUT2D eigenvalue weighted by molar-refractivity contribution is 5.95. The molecule has 1 unspecified atom stereocenters. The van der Waals surface area contributed by atoms with Crippen molar-refractivity contribution in [3.63, 3.8) is 0 Å². The van der Waals surface area contributed by atoms with Crippen molar-refractivity contribution >= 4 is 11.7 Å². The van der Waals surface area contributed by atoms with Gasteiger partial charge in [-0.25, -0.2) is 0 Å². The largest absolute Gasteiger partial charge is 0.391 e. The first kappa shape index (κ1) is 8.96. The van der Waals surface area contributed by atoms with Crippen LogP contribution in [0.1, 0.15) is 6.42 Å². The summed E-state index contributed by atoms with van der Waals surface area (Å²) in [5.74, 6) is 0.276. The molecule has 0 radical (unpaired) electrons. The number of aromatic nitrogens is 1. The Kier molecular flexibility index (Phi) is 2.09. The van der Waals surface area contributed by atoms with Crippen molar-refractivity contribution in [3.8, 4) is 0 Å². The van der Waals surface area contributed by atoms with Crippen molar-refractivity contribution in [2.75, 3.05) is 11.4 Å². The molecule has 5 heteroatoms. The molecule has 1 aliphatic heterocycles. The number of aliphatic hydroxyl groups excluding tert-OH is 1. The quantitative estimate of drug-likeness (QED) is 0.631. The Bertz CT molecular complexity index is 413. The average Bonchev–Trinajstić information content (AvgIpc) is 2.45. The SMILES string of the molecule is O=C1CC(O)CN1c1cc(=O)cc[nH]1. The predicted octanol–water partition coefficient (Wildman–Crippen LogP) is -0.528. The number of nitrogens with one attached hydrogen (secondary N) is 1. The minimum Gasteiger partial charge on any atom is -0.391 e. The number of hydrogen-bond donors (Lipinski definition) is 2. The van der Waals surface area contributed by atoms with Gasteiger partial charge < -0.3 is 10.1 Å². The van der Waals surface area contributed by atoms with Crippen LogP contribution in [0.5, 0.6) is 0 Å². The van der Waals surface area contributed by atoms with Gasteiger partial charge in [0.1, 0.15) is 5.82 Å². The third-order valence-corrected chi connectivity index (χ3v) is 2.15. The van der Waals surface area contributed by atoms with Gasteiger partial charge in [-0.3, -0.25) is 14.5 Å². The average molecular weight is 194 g/mol. The third kappa shape index (κ3) is 1.54. The molecule has 0 aromatic carbocycles. The van der Waals surface area contributed by atoms with Crippen LogP contribution in [0.25, 0.3) is 0 Å². The zero-order chi connectivity index (χ0) is 10.1. The molecule has 1 saturated heterocycles. The minimum atomic E-state index is -0.633. The van der Waals surface area contributed by atoms with Crippen LogP contribution in [0.4, 0.5) is 5.82 Å². The smallest absolute Gasteiger partial charge is 0.230 e. The Labute approximate surface area is 80.0 Å². The molecule has 1 aromatic rings. The van der Waals surface area contributed by atoms with Crippen LogP contribution in [0, 0.1) is 0 Å². The molecule has 1 atom stereocenters. The number of carbonyl (C=O) groups is 1. The second-order valence-electron chi connectivity index (χ2n) is 3.27. The van der Waals surface area contributed by atoms with Crippen LogP contribution >= 0.6 is 0 Å². The summed E-state index contributed by atoms with van der Waals surface area (Å²) in [7, 11) is 0. The lowest BCUT2D eigenvalue weighted by atomic mass is 10.3. The van der Waals surface area contributed by atoms with Crippen LogP contribution in [-0.4, -0.2) is 28.6 Å². The van der Waals surface area contributed by atoms with E-state index >= 15 is 0 Å². The topological polar surface area (TPSA) is 73.4 Å². The van der Waals surface area contributed by atoms with Crippen molar-refractivity contribution < 1.29 is 9.90 Å². The molecule has 2 rings (SSSR count). The van der Waals surface area contributed by atoms with Crippen molar-refractivity contribution in [1.29, 1.82) is 0 Å². The van der Waals surface area contributed by atoms with Crippen molar-refractivity contribution in [1.82, 2.24) is 4.98 Å². The van der Waals surface area contributed by atoms with Gasteiger partial charge in [-0.05, 0) is 0 Å². The molecule has 1 aliphatic rings. The van der Waals surface area contributed by atoms with E-state index in [-0.39, 0.29) is 24.3 Å². The molecule has 14 heavy (non-hydrogen) atoms. The molecular weight excluding hydrogens is 184 g/mol. The molecule has 0 saturated carbocycles. The Morgan fingerprint density at radius 2 is 2.29 bits per heavy atom. The monoisotopic (exact) mass is 194 g/mol. The third-order valence-electron chi connectivity index (χ3n) is 2.15. The fourth-order valence-corrected chi connectivity index (χ4v) is 1.51. The van der Waals surface area contributed by atoms with Crippen molar-refractivity contribution in [2.24, 2.45) is 0 Å². The fourth-order valence-electron chi connectivity index (χ4n) is 1.51. The van der Waals surface area contributed by atoms with E-state index in [2.05, 4.69) is 4.98 Å². The first-order chi connectivity index (χ1) is 6.66. The van der Waals surface area contributed by atoms with Crippen LogP contribution in [0.3, 0.4) is 0 Å². The number of H-pyrrole nitrogens is 1. The van der Waals surface area contributed by atoms with Gasteiger partial charge in [0.2, 0.25) is 5.91 Å². The number of aromatic amines is 1.